The summed E-state index contributed by atoms with van der Waals surface area (Å²) in [5, 5.41) is 5.54. The molecular weight excluding hydrogens is 462 g/mol. The topological polar surface area (TPSA) is 57.7 Å². The molecule has 1 spiro atoms. The van der Waals surface area contributed by atoms with Gasteiger partial charge in [0.05, 0.1) is 23.8 Å². The number of halogens is 3. The number of amides is 1. The van der Waals surface area contributed by atoms with Gasteiger partial charge in [-0.25, -0.2) is 13.8 Å². The van der Waals surface area contributed by atoms with Crippen molar-refractivity contribution in [1.82, 2.24) is 9.88 Å². The lowest BCUT2D eigenvalue weighted by molar-refractivity contribution is -0.148. The number of likely N-dealkylation sites (tertiary alicyclic amines) is 1. The quantitative estimate of drug-likeness (QED) is 0.680. The van der Waals surface area contributed by atoms with Gasteiger partial charge in [-0.3, -0.25) is 9.69 Å². The number of nitrogens with zero attached hydrogens (tertiary/aromatic N) is 3. The molecule has 6 nitrogen and oxygen atoms in total. The molecule has 4 aliphatic rings. The second-order valence-corrected chi connectivity index (χ2v) is 10.8. The molecule has 0 bridgehead atoms. The molecule has 6 rings (SSSR count). The van der Waals surface area contributed by atoms with Crippen molar-refractivity contribution >= 4 is 39.8 Å². The van der Waals surface area contributed by atoms with Crippen molar-refractivity contribution in [1.29, 1.82) is 0 Å². The lowest BCUT2D eigenvalue weighted by Crippen LogP contribution is -2.61. The Morgan fingerprint density at radius 1 is 1.12 bits per heavy atom. The lowest BCUT2D eigenvalue weighted by Gasteiger charge is -2.47. The Bertz CT molecular complexity index is 1110. The summed E-state index contributed by atoms with van der Waals surface area (Å²) in [6.07, 6.45) is 6.27. The first kappa shape index (κ1) is 22.4. The number of rotatable bonds is 4. The smallest absolute Gasteiger partial charge is 0.272 e. The van der Waals surface area contributed by atoms with Crippen molar-refractivity contribution in [2.45, 2.75) is 44.1 Å². The molecule has 4 fully saturated rings. The molecule has 1 saturated carbocycles. The van der Waals surface area contributed by atoms with Gasteiger partial charge in [-0.2, -0.15) is 0 Å². The summed E-state index contributed by atoms with van der Waals surface area (Å²) in [6.45, 7) is 2.80. The maximum Gasteiger partial charge on any atom is 0.272 e. The Labute approximate surface area is 202 Å². The average Bonchev–Trinajstić information content (AvgIpc) is 3.50. The van der Waals surface area contributed by atoms with Gasteiger partial charge < -0.3 is 15.0 Å². The van der Waals surface area contributed by atoms with Crippen molar-refractivity contribution < 1.29 is 18.3 Å². The fraction of sp³-hybridized carbons (Fsp3) is 0.600. The van der Waals surface area contributed by atoms with Crippen LogP contribution >= 0.6 is 11.6 Å². The predicted octanol–water partition coefficient (Wildman–Crippen LogP) is 4.56. The number of benzene rings is 1. The number of hydrogen-bond acceptors (Lipinski definition) is 5. The number of pyridine rings is 1. The summed E-state index contributed by atoms with van der Waals surface area (Å²) in [7, 11) is 0. The van der Waals surface area contributed by atoms with Crippen molar-refractivity contribution in [2.24, 2.45) is 11.3 Å². The highest BCUT2D eigenvalue weighted by atomic mass is 35.5. The number of alkyl halides is 2. The first-order valence-corrected chi connectivity index (χ1v) is 12.5. The Kier molecular flexibility index (Phi) is 5.46. The molecule has 0 unspecified atom stereocenters. The highest BCUT2D eigenvalue weighted by molar-refractivity contribution is 6.34. The number of carbonyl (C=O) groups is 1. The summed E-state index contributed by atoms with van der Waals surface area (Å²) in [4.78, 5) is 21.4. The van der Waals surface area contributed by atoms with E-state index in [1.165, 1.54) is 0 Å². The number of piperidine rings is 1. The van der Waals surface area contributed by atoms with Crippen LogP contribution in [0.25, 0.3) is 10.8 Å². The molecule has 1 aliphatic carbocycles. The molecule has 1 atom stereocenters. The number of anilines is 2. The van der Waals surface area contributed by atoms with Crippen LogP contribution in [-0.2, 0) is 9.53 Å². The van der Waals surface area contributed by atoms with Crippen LogP contribution in [0.5, 0.6) is 0 Å². The van der Waals surface area contributed by atoms with Gasteiger partial charge in [-0.15, -0.1) is 0 Å². The number of fused-ring (bicyclic) bond motifs is 1. The van der Waals surface area contributed by atoms with Crippen LogP contribution in [0.15, 0.2) is 24.4 Å². The Morgan fingerprint density at radius 3 is 2.56 bits per heavy atom. The number of aromatic nitrogens is 1. The second-order valence-electron chi connectivity index (χ2n) is 10.4. The van der Waals surface area contributed by atoms with Crippen LogP contribution in [0.3, 0.4) is 0 Å². The van der Waals surface area contributed by atoms with Gasteiger partial charge in [0.1, 0.15) is 5.82 Å². The predicted molar refractivity (Wildman–Crippen MR) is 128 cm³/mol. The monoisotopic (exact) mass is 490 g/mol. The van der Waals surface area contributed by atoms with Gasteiger partial charge in [-0.05, 0) is 61.1 Å². The fourth-order valence-corrected chi connectivity index (χ4v) is 6.30. The average molecular weight is 491 g/mol. The van der Waals surface area contributed by atoms with E-state index in [2.05, 4.69) is 15.2 Å². The van der Waals surface area contributed by atoms with Gasteiger partial charge in [0.25, 0.3) is 5.92 Å². The third kappa shape index (κ3) is 4.14. The van der Waals surface area contributed by atoms with E-state index >= 15 is 0 Å². The summed E-state index contributed by atoms with van der Waals surface area (Å²) in [6, 6.07) is 6.07. The molecular formula is C25H29ClF2N4O2. The summed E-state index contributed by atoms with van der Waals surface area (Å²) in [5.41, 5.74) is 1.06. The third-order valence-corrected chi connectivity index (χ3v) is 8.53. The molecule has 1 aromatic carbocycles. The third-order valence-electron chi connectivity index (χ3n) is 8.22. The molecule has 1 aromatic heterocycles. The fourth-order valence-electron chi connectivity index (χ4n) is 6.00. The molecule has 4 heterocycles. The van der Waals surface area contributed by atoms with Gasteiger partial charge in [0, 0.05) is 49.8 Å². The van der Waals surface area contributed by atoms with Crippen LogP contribution in [0.4, 0.5) is 20.3 Å². The second kappa shape index (κ2) is 8.28. The highest BCUT2D eigenvalue weighted by Crippen LogP contribution is 2.59. The van der Waals surface area contributed by atoms with Crippen LogP contribution < -0.4 is 10.2 Å². The highest BCUT2D eigenvalue weighted by Gasteiger charge is 2.58. The zero-order valence-corrected chi connectivity index (χ0v) is 19.8. The molecule has 182 valence electrons. The molecule has 1 N–H and O–H groups in total. The standard InChI is InChI=1S/C25H29ClF2N4O2/c26-20-9-17-13-29-22(30-23(33)19-12-24(19)3-7-34-8-4-24)11-16(17)10-21(20)31-5-1-18(2-6-31)32-14-25(27,28)15-32/h9-11,13,18-19H,1-8,12,14-15H2,(H,29,30,33)/t19-/m0/s1. The molecule has 0 radical (unpaired) electrons. The van der Waals surface area contributed by atoms with Crippen LogP contribution in [0, 0.1) is 11.3 Å². The largest absolute Gasteiger partial charge is 0.381 e. The number of carbonyl (C=O) groups excluding carboxylic acids is 1. The van der Waals surface area contributed by atoms with Crippen molar-refractivity contribution in [3.8, 4) is 0 Å². The van der Waals surface area contributed by atoms with E-state index in [1.807, 2.05) is 23.1 Å². The molecule has 1 amide bonds. The number of nitrogens with one attached hydrogen (secondary N) is 1. The minimum atomic E-state index is -2.52. The van der Waals surface area contributed by atoms with E-state index in [4.69, 9.17) is 16.3 Å². The molecule has 3 aliphatic heterocycles. The minimum absolute atomic E-state index is 0.0431. The lowest BCUT2D eigenvalue weighted by atomic mass is 9.93. The Morgan fingerprint density at radius 2 is 1.85 bits per heavy atom. The number of hydrogen-bond donors (Lipinski definition) is 1. The molecule has 34 heavy (non-hydrogen) atoms. The first-order chi connectivity index (χ1) is 16.3. The van der Waals surface area contributed by atoms with E-state index in [0.717, 1.165) is 74.9 Å². The van der Waals surface area contributed by atoms with Crippen LogP contribution in [-0.4, -0.2) is 67.1 Å². The van der Waals surface area contributed by atoms with Crippen molar-refractivity contribution in [3.05, 3.63) is 29.4 Å². The van der Waals surface area contributed by atoms with E-state index in [1.54, 1.807) is 6.20 Å². The number of ether oxygens (including phenoxy) is 1. The van der Waals surface area contributed by atoms with Crippen molar-refractivity contribution in [2.75, 3.05) is 49.6 Å². The van der Waals surface area contributed by atoms with Gasteiger partial charge >= 0.3 is 0 Å². The molecule has 2 aromatic rings. The first-order valence-electron chi connectivity index (χ1n) is 12.2. The minimum Gasteiger partial charge on any atom is -0.381 e. The zero-order valence-electron chi connectivity index (χ0n) is 19.0. The zero-order chi connectivity index (χ0) is 23.5. The Hall–Kier alpha value is -2.03. The van der Waals surface area contributed by atoms with E-state index < -0.39 is 5.92 Å². The summed E-state index contributed by atoms with van der Waals surface area (Å²) >= 11 is 6.61. The van der Waals surface area contributed by atoms with Gasteiger partial charge in [0.15, 0.2) is 0 Å². The van der Waals surface area contributed by atoms with E-state index in [-0.39, 0.29) is 36.4 Å². The Balaban J connectivity index is 1.13. The van der Waals surface area contributed by atoms with E-state index in [0.29, 0.717) is 10.8 Å². The maximum atomic E-state index is 13.2. The molecule has 9 heteroatoms. The SMILES string of the molecule is O=C(Nc1cc2cc(N3CCC(N4CC(F)(F)C4)CC3)c(Cl)cc2cn1)[C@@H]1CC12CCOCC2. The van der Waals surface area contributed by atoms with E-state index in [9.17, 15) is 13.6 Å². The van der Waals surface area contributed by atoms with Crippen LogP contribution in [0.2, 0.25) is 5.02 Å². The van der Waals surface area contributed by atoms with Crippen LogP contribution in [0.1, 0.15) is 32.1 Å². The summed E-state index contributed by atoms with van der Waals surface area (Å²) < 4.78 is 31.9. The molecule has 3 saturated heterocycles. The normalized spacial score (nSPS) is 26.4. The van der Waals surface area contributed by atoms with Gasteiger partial charge in [0.2, 0.25) is 5.91 Å². The summed E-state index contributed by atoms with van der Waals surface area (Å²) in [5.74, 6) is -1.88. The van der Waals surface area contributed by atoms with Gasteiger partial charge in [-0.1, -0.05) is 11.6 Å². The van der Waals surface area contributed by atoms with Crippen molar-refractivity contribution in [3.63, 3.8) is 0 Å². The maximum absolute atomic E-state index is 13.2.